The van der Waals surface area contributed by atoms with Gasteiger partial charge in [0.25, 0.3) is 0 Å². The van der Waals surface area contributed by atoms with E-state index in [0.717, 1.165) is 16.7 Å². The predicted octanol–water partition coefficient (Wildman–Crippen LogP) is 4.03. The van der Waals surface area contributed by atoms with Crippen molar-refractivity contribution in [1.82, 2.24) is 0 Å². The Hall–Kier alpha value is -3.04. The zero-order valence-electron chi connectivity index (χ0n) is 13.3. The van der Waals surface area contributed by atoms with Crippen molar-refractivity contribution < 1.29 is 14.3 Å². The molecule has 2 atom stereocenters. The lowest BCUT2D eigenvalue weighted by molar-refractivity contribution is 0.0859. The Morgan fingerprint density at radius 2 is 1.28 bits per heavy atom. The van der Waals surface area contributed by atoms with E-state index in [1.54, 1.807) is 24.3 Å². The third-order valence-electron chi connectivity index (χ3n) is 5.05. The smallest absolute Gasteiger partial charge is 0.203 e. The van der Waals surface area contributed by atoms with E-state index >= 15 is 0 Å². The molecule has 2 unspecified atom stereocenters. The van der Waals surface area contributed by atoms with Gasteiger partial charge in [0.1, 0.15) is 0 Å². The molecule has 1 aliphatic heterocycles. The van der Waals surface area contributed by atoms with Crippen LogP contribution >= 0.6 is 0 Å². The first kappa shape index (κ1) is 14.3. The first-order valence-corrected chi connectivity index (χ1v) is 8.23. The molecule has 1 aliphatic carbocycles. The Morgan fingerprint density at radius 1 is 0.680 bits per heavy atom. The molecule has 0 amide bonds. The first-order valence-electron chi connectivity index (χ1n) is 8.23. The number of hydrogen-bond donors (Lipinski definition) is 0. The summed E-state index contributed by atoms with van der Waals surface area (Å²) in [5, 5.41) is 0. The van der Waals surface area contributed by atoms with E-state index in [9.17, 15) is 9.59 Å². The second-order valence-electron chi connectivity index (χ2n) is 6.42. The molecular weight excluding hydrogens is 312 g/mol. The number of carbonyl (C=O) groups excluding carboxylic acids is 2. The summed E-state index contributed by atoms with van der Waals surface area (Å²) in [7, 11) is 0. The number of Topliss-reactive ketones (excluding diaryl/α,β-unsaturated/α-hetero) is 2. The minimum absolute atomic E-state index is 0.109. The highest BCUT2D eigenvalue weighted by atomic mass is 16.6. The number of fused-ring (bicyclic) bond motifs is 2. The van der Waals surface area contributed by atoms with Gasteiger partial charge in [-0.05, 0) is 16.7 Å². The van der Waals surface area contributed by atoms with Crippen LogP contribution in [0.25, 0.3) is 11.1 Å². The summed E-state index contributed by atoms with van der Waals surface area (Å²) in [5.74, 6) is -0.234. The van der Waals surface area contributed by atoms with Crippen LogP contribution in [0.1, 0.15) is 26.3 Å². The lowest BCUT2D eigenvalue weighted by Gasteiger charge is -2.19. The summed E-state index contributed by atoms with van der Waals surface area (Å²) < 4.78 is 5.71. The molecule has 2 aliphatic rings. The average Bonchev–Trinajstić information content (AvgIpc) is 3.45. The fraction of sp³-hybridized carbons (Fsp3) is 0.0909. The second kappa shape index (κ2) is 4.98. The Balaban J connectivity index is 1.57. The van der Waals surface area contributed by atoms with Gasteiger partial charge in [0.05, 0.1) is 0 Å². The molecule has 3 heteroatoms. The minimum atomic E-state index is -1.14. The number of ether oxygens (including phenoxy) is 1. The molecule has 0 radical (unpaired) electrons. The summed E-state index contributed by atoms with van der Waals surface area (Å²) >= 11 is 0. The van der Waals surface area contributed by atoms with Crippen LogP contribution in [-0.2, 0) is 10.3 Å². The maximum atomic E-state index is 13.0. The van der Waals surface area contributed by atoms with Gasteiger partial charge in [-0.25, -0.2) is 0 Å². The number of rotatable bonds is 2. The molecule has 0 N–H and O–H groups in total. The van der Waals surface area contributed by atoms with Crippen LogP contribution in [0.2, 0.25) is 0 Å². The Bertz CT molecular complexity index is 1000. The van der Waals surface area contributed by atoms with Crippen molar-refractivity contribution in [2.45, 2.75) is 11.7 Å². The molecule has 5 rings (SSSR count). The summed E-state index contributed by atoms with van der Waals surface area (Å²) in [6.07, 6.45) is -0.697. The van der Waals surface area contributed by atoms with Crippen molar-refractivity contribution in [3.63, 3.8) is 0 Å². The molecular formula is C22H14O3. The van der Waals surface area contributed by atoms with Gasteiger partial charge in [-0.2, -0.15) is 0 Å². The van der Waals surface area contributed by atoms with Crippen LogP contribution in [-0.4, -0.2) is 17.7 Å². The van der Waals surface area contributed by atoms with Crippen LogP contribution in [0.5, 0.6) is 0 Å². The topological polar surface area (TPSA) is 46.7 Å². The van der Waals surface area contributed by atoms with Crippen molar-refractivity contribution in [3.8, 4) is 11.1 Å². The lowest BCUT2D eigenvalue weighted by atomic mass is 9.78. The SMILES string of the molecule is O=C1c2ccccc2C(=O)C2(c3ccc(-c4ccccc4)cc3)OC12. The van der Waals surface area contributed by atoms with Gasteiger partial charge in [0.2, 0.25) is 5.78 Å². The fourth-order valence-corrected chi connectivity index (χ4v) is 3.69. The van der Waals surface area contributed by atoms with E-state index < -0.39 is 11.7 Å². The van der Waals surface area contributed by atoms with Crippen molar-refractivity contribution in [1.29, 1.82) is 0 Å². The number of ketones is 2. The van der Waals surface area contributed by atoms with E-state index in [1.807, 2.05) is 54.6 Å². The third kappa shape index (κ3) is 1.90. The molecule has 1 fully saturated rings. The number of benzene rings is 3. The van der Waals surface area contributed by atoms with Gasteiger partial charge in [-0.15, -0.1) is 0 Å². The minimum Gasteiger partial charge on any atom is -0.343 e. The normalized spacial score (nSPS) is 23.8. The molecule has 3 nitrogen and oxygen atoms in total. The highest BCUT2D eigenvalue weighted by molar-refractivity contribution is 6.23. The van der Waals surface area contributed by atoms with E-state index in [-0.39, 0.29) is 11.6 Å². The molecule has 0 spiro atoms. The van der Waals surface area contributed by atoms with Crippen LogP contribution in [0, 0.1) is 0 Å². The van der Waals surface area contributed by atoms with E-state index in [4.69, 9.17) is 4.74 Å². The fourth-order valence-electron chi connectivity index (χ4n) is 3.69. The van der Waals surface area contributed by atoms with E-state index in [2.05, 4.69) is 0 Å². The number of hydrogen-bond acceptors (Lipinski definition) is 3. The third-order valence-corrected chi connectivity index (χ3v) is 5.05. The Labute approximate surface area is 144 Å². The Kier molecular flexibility index (Phi) is 2.85. The van der Waals surface area contributed by atoms with Crippen molar-refractivity contribution in [2.24, 2.45) is 0 Å². The summed E-state index contributed by atoms with van der Waals surface area (Å²) in [6.45, 7) is 0. The van der Waals surface area contributed by atoms with E-state index in [0.29, 0.717) is 11.1 Å². The van der Waals surface area contributed by atoms with Gasteiger partial charge >= 0.3 is 0 Å². The van der Waals surface area contributed by atoms with Gasteiger partial charge in [0, 0.05) is 11.1 Å². The number of epoxide rings is 1. The molecule has 0 aromatic heterocycles. The van der Waals surface area contributed by atoms with Crippen LogP contribution in [0.3, 0.4) is 0 Å². The van der Waals surface area contributed by atoms with Crippen LogP contribution in [0.4, 0.5) is 0 Å². The summed E-state index contributed by atoms with van der Waals surface area (Å²) in [5.41, 5.74) is 2.69. The molecule has 3 aromatic carbocycles. The van der Waals surface area contributed by atoms with Gasteiger partial charge in [-0.3, -0.25) is 9.59 Å². The summed E-state index contributed by atoms with van der Waals surface area (Å²) in [4.78, 5) is 25.6. The lowest BCUT2D eigenvalue weighted by Crippen LogP contribution is -2.34. The molecule has 1 heterocycles. The Morgan fingerprint density at radius 3 is 2.00 bits per heavy atom. The largest absolute Gasteiger partial charge is 0.343 e. The van der Waals surface area contributed by atoms with Gasteiger partial charge < -0.3 is 4.74 Å². The van der Waals surface area contributed by atoms with Crippen LogP contribution in [0.15, 0.2) is 78.9 Å². The summed E-state index contributed by atoms with van der Waals surface area (Å²) in [6, 6.07) is 24.7. The molecule has 25 heavy (non-hydrogen) atoms. The molecule has 120 valence electrons. The van der Waals surface area contributed by atoms with Crippen LogP contribution < -0.4 is 0 Å². The zero-order valence-corrected chi connectivity index (χ0v) is 13.3. The van der Waals surface area contributed by atoms with Crippen molar-refractivity contribution >= 4 is 11.6 Å². The molecule has 0 saturated carbocycles. The average molecular weight is 326 g/mol. The predicted molar refractivity (Wildman–Crippen MR) is 93.5 cm³/mol. The maximum absolute atomic E-state index is 13.0. The zero-order chi connectivity index (χ0) is 17.0. The second-order valence-corrected chi connectivity index (χ2v) is 6.42. The molecule has 0 bridgehead atoms. The van der Waals surface area contributed by atoms with E-state index in [1.165, 1.54) is 0 Å². The highest BCUT2D eigenvalue weighted by Gasteiger charge is 2.69. The number of carbonyl (C=O) groups is 2. The maximum Gasteiger partial charge on any atom is 0.203 e. The standard InChI is InChI=1S/C22H14O3/c23-19-17-8-4-5-9-18(17)20(24)22(21(19)25-22)16-12-10-15(11-13-16)14-6-2-1-3-7-14/h1-13,21H. The quantitative estimate of drug-likeness (QED) is 0.668. The highest BCUT2D eigenvalue weighted by Crippen LogP contribution is 2.53. The van der Waals surface area contributed by atoms with Gasteiger partial charge in [0.15, 0.2) is 17.5 Å². The monoisotopic (exact) mass is 326 g/mol. The first-order chi connectivity index (χ1) is 12.2. The van der Waals surface area contributed by atoms with Crippen molar-refractivity contribution in [3.05, 3.63) is 95.6 Å². The van der Waals surface area contributed by atoms with Gasteiger partial charge in [-0.1, -0.05) is 78.9 Å². The van der Waals surface area contributed by atoms with Crippen molar-refractivity contribution in [2.75, 3.05) is 0 Å². The molecule has 1 saturated heterocycles. The molecule has 3 aromatic rings.